The van der Waals surface area contributed by atoms with Crippen LogP contribution in [0.4, 0.5) is 4.39 Å². The average molecular weight is 309 g/mol. The topological polar surface area (TPSA) is 40.5 Å². The van der Waals surface area contributed by atoms with Crippen LogP contribution in [0.1, 0.15) is 29.3 Å². The van der Waals surface area contributed by atoms with Crippen LogP contribution in [0.2, 0.25) is 0 Å². The zero-order chi connectivity index (χ0) is 15.8. The number of thioether (sulfide) groups is 1. The lowest BCUT2D eigenvalue weighted by Crippen LogP contribution is -2.38. The number of rotatable bonds is 5. The normalized spacial score (nSPS) is 11.5. The molecule has 1 aromatic carbocycles. The monoisotopic (exact) mass is 309 g/mol. The fraction of sp³-hybridized carbons (Fsp3) is 0.438. The largest absolute Gasteiger partial charge is 0.384 e. The summed E-state index contributed by atoms with van der Waals surface area (Å²) in [6.07, 6.45) is 2.82. The third-order valence-corrected chi connectivity index (χ3v) is 3.93. The van der Waals surface area contributed by atoms with Crippen molar-refractivity contribution >= 4 is 17.7 Å². The summed E-state index contributed by atoms with van der Waals surface area (Å²) in [5, 5.41) is 8.77. The number of aliphatic hydroxyl groups is 1. The van der Waals surface area contributed by atoms with Crippen molar-refractivity contribution in [2.24, 2.45) is 0 Å². The molecule has 1 amide bonds. The SMILES string of the molecule is CCC(CSC)N(C)C(=O)c1cc(F)ccc1C#CCO. The van der Waals surface area contributed by atoms with E-state index in [-0.39, 0.29) is 24.1 Å². The number of halogens is 1. The summed E-state index contributed by atoms with van der Waals surface area (Å²) in [6, 6.07) is 4.02. The van der Waals surface area contributed by atoms with Crippen LogP contribution in [0.5, 0.6) is 0 Å². The second kappa shape index (κ2) is 8.71. The molecule has 0 saturated heterocycles. The molecule has 114 valence electrons. The summed E-state index contributed by atoms with van der Waals surface area (Å²) < 4.78 is 13.5. The molecule has 21 heavy (non-hydrogen) atoms. The van der Waals surface area contributed by atoms with Gasteiger partial charge >= 0.3 is 0 Å². The van der Waals surface area contributed by atoms with E-state index in [9.17, 15) is 9.18 Å². The summed E-state index contributed by atoms with van der Waals surface area (Å²) in [5.74, 6) is 5.29. The number of nitrogens with zero attached hydrogens (tertiary/aromatic N) is 1. The first kappa shape index (κ1) is 17.5. The second-order valence-corrected chi connectivity index (χ2v) is 5.49. The minimum Gasteiger partial charge on any atom is -0.384 e. The number of aliphatic hydroxyl groups excluding tert-OH is 1. The number of benzene rings is 1. The molecule has 0 aromatic heterocycles. The second-order valence-electron chi connectivity index (χ2n) is 4.58. The molecule has 0 bridgehead atoms. The smallest absolute Gasteiger partial charge is 0.255 e. The van der Waals surface area contributed by atoms with Crippen LogP contribution >= 0.6 is 11.8 Å². The van der Waals surface area contributed by atoms with Gasteiger partial charge in [-0.15, -0.1) is 0 Å². The van der Waals surface area contributed by atoms with Crippen molar-refractivity contribution in [2.75, 3.05) is 25.7 Å². The van der Waals surface area contributed by atoms with Gasteiger partial charge in [0.05, 0.1) is 5.56 Å². The summed E-state index contributed by atoms with van der Waals surface area (Å²) in [5.41, 5.74) is 0.666. The Hall–Kier alpha value is -1.51. The molecule has 1 aromatic rings. The Morgan fingerprint density at radius 3 is 2.81 bits per heavy atom. The summed E-state index contributed by atoms with van der Waals surface area (Å²) in [6.45, 7) is 1.72. The maximum Gasteiger partial charge on any atom is 0.255 e. The van der Waals surface area contributed by atoms with Crippen LogP contribution in [-0.4, -0.2) is 47.6 Å². The van der Waals surface area contributed by atoms with E-state index < -0.39 is 5.82 Å². The quantitative estimate of drug-likeness (QED) is 0.849. The van der Waals surface area contributed by atoms with Crippen molar-refractivity contribution in [3.8, 4) is 11.8 Å². The van der Waals surface area contributed by atoms with Crippen molar-refractivity contribution in [3.05, 3.63) is 35.1 Å². The van der Waals surface area contributed by atoms with Gasteiger partial charge in [0, 0.05) is 24.4 Å². The molecule has 0 heterocycles. The molecule has 3 nitrogen and oxygen atoms in total. The Labute approximate surface area is 129 Å². The van der Waals surface area contributed by atoms with Gasteiger partial charge in [-0.3, -0.25) is 4.79 Å². The van der Waals surface area contributed by atoms with Crippen LogP contribution in [0.15, 0.2) is 18.2 Å². The van der Waals surface area contributed by atoms with E-state index in [0.717, 1.165) is 12.2 Å². The highest BCUT2D eigenvalue weighted by atomic mass is 32.2. The molecular formula is C16H20FNO2S. The molecule has 0 radical (unpaired) electrons. The van der Waals surface area contributed by atoms with Gasteiger partial charge in [0.25, 0.3) is 5.91 Å². The van der Waals surface area contributed by atoms with Crippen LogP contribution in [0.3, 0.4) is 0 Å². The van der Waals surface area contributed by atoms with Crippen LogP contribution in [0.25, 0.3) is 0 Å². The Morgan fingerprint density at radius 1 is 1.52 bits per heavy atom. The third-order valence-electron chi connectivity index (χ3n) is 3.21. The molecule has 5 heteroatoms. The highest BCUT2D eigenvalue weighted by Gasteiger charge is 2.21. The molecule has 1 N–H and O–H groups in total. The molecule has 0 aliphatic carbocycles. The van der Waals surface area contributed by atoms with Gasteiger partial charge in [-0.1, -0.05) is 18.8 Å². The van der Waals surface area contributed by atoms with E-state index >= 15 is 0 Å². The van der Waals surface area contributed by atoms with Crippen molar-refractivity contribution in [1.82, 2.24) is 4.90 Å². The zero-order valence-electron chi connectivity index (χ0n) is 12.5. The fourth-order valence-corrected chi connectivity index (χ4v) is 2.83. The number of carbonyl (C=O) groups is 1. The summed E-state index contributed by atoms with van der Waals surface area (Å²) in [7, 11) is 1.72. The minimum atomic E-state index is -0.473. The molecular weight excluding hydrogens is 289 g/mol. The molecule has 0 aliphatic heterocycles. The number of amides is 1. The molecule has 1 rings (SSSR count). The van der Waals surface area contributed by atoms with Gasteiger partial charge in [-0.2, -0.15) is 11.8 Å². The maximum atomic E-state index is 13.5. The lowest BCUT2D eigenvalue weighted by atomic mass is 10.1. The van der Waals surface area contributed by atoms with Gasteiger partial charge < -0.3 is 10.0 Å². The molecule has 0 saturated carbocycles. The van der Waals surface area contributed by atoms with Crippen molar-refractivity contribution in [3.63, 3.8) is 0 Å². The maximum absolute atomic E-state index is 13.5. The van der Waals surface area contributed by atoms with Gasteiger partial charge in [-0.25, -0.2) is 4.39 Å². The van der Waals surface area contributed by atoms with Crippen molar-refractivity contribution < 1.29 is 14.3 Å². The van der Waals surface area contributed by atoms with Crippen molar-refractivity contribution in [1.29, 1.82) is 0 Å². The molecule has 0 fully saturated rings. The predicted molar refractivity (Wildman–Crippen MR) is 84.9 cm³/mol. The Morgan fingerprint density at radius 2 is 2.24 bits per heavy atom. The van der Waals surface area contributed by atoms with E-state index in [2.05, 4.69) is 11.8 Å². The van der Waals surface area contributed by atoms with E-state index in [0.29, 0.717) is 5.56 Å². The summed E-state index contributed by atoms with van der Waals surface area (Å²) >= 11 is 1.67. The van der Waals surface area contributed by atoms with E-state index in [1.807, 2.05) is 13.2 Å². The van der Waals surface area contributed by atoms with Gasteiger partial charge in [0.15, 0.2) is 0 Å². The Kier molecular flexibility index (Phi) is 7.27. The summed E-state index contributed by atoms with van der Waals surface area (Å²) in [4.78, 5) is 14.2. The van der Waals surface area contributed by atoms with Crippen LogP contribution in [-0.2, 0) is 0 Å². The molecule has 0 spiro atoms. The lowest BCUT2D eigenvalue weighted by Gasteiger charge is -2.27. The van der Waals surface area contributed by atoms with Gasteiger partial charge in [-0.05, 0) is 30.9 Å². The van der Waals surface area contributed by atoms with Gasteiger partial charge in [0.1, 0.15) is 12.4 Å². The Balaban J connectivity index is 3.13. The fourth-order valence-electron chi connectivity index (χ4n) is 1.99. The molecule has 0 aliphatic rings. The highest BCUT2D eigenvalue weighted by Crippen LogP contribution is 2.16. The standard InChI is InChI=1S/C16H20FNO2S/c1-4-14(11-21-3)18(2)16(20)15-10-13(17)8-7-12(15)6-5-9-19/h7-8,10,14,19H,4,9,11H2,1-3H3. The zero-order valence-corrected chi connectivity index (χ0v) is 13.3. The number of carbonyl (C=O) groups excluding carboxylic acids is 1. The predicted octanol–water partition coefficient (Wildman–Crippen LogP) is 2.38. The highest BCUT2D eigenvalue weighted by molar-refractivity contribution is 7.98. The van der Waals surface area contributed by atoms with E-state index in [1.54, 1.807) is 23.7 Å². The van der Waals surface area contributed by atoms with E-state index in [1.165, 1.54) is 18.2 Å². The average Bonchev–Trinajstić information content (AvgIpc) is 2.49. The van der Waals surface area contributed by atoms with Gasteiger partial charge in [0.2, 0.25) is 0 Å². The number of hydrogen-bond acceptors (Lipinski definition) is 3. The minimum absolute atomic E-state index is 0.0921. The third kappa shape index (κ3) is 4.76. The lowest BCUT2D eigenvalue weighted by molar-refractivity contribution is 0.0743. The molecule has 1 atom stereocenters. The number of hydrogen-bond donors (Lipinski definition) is 1. The Bertz CT molecular complexity index is 551. The first-order chi connectivity index (χ1) is 10.0. The van der Waals surface area contributed by atoms with Crippen LogP contribution in [0, 0.1) is 17.7 Å². The van der Waals surface area contributed by atoms with Crippen molar-refractivity contribution in [2.45, 2.75) is 19.4 Å². The van der Waals surface area contributed by atoms with E-state index in [4.69, 9.17) is 5.11 Å². The van der Waals surface area contributed by atoms with Crippen LogP contribution < -0.4 is 0 Å². The molecule has 1 unspecified atom stereocenters. The first-order valence-corrected chi connectivity index (χ1v) is 8.09. The first-order valence-electron chi connectivity index (χ1n) is 6.70.